The molecule has 1 saturated heterocycles. The van der Waals surface area contributed by atoms with Crippen LogP contribution in [-0.4, -0.2) is 75.1 Å². The van der Waals surface area contributed by atoms with Crippen LogP contribution in [-0.2, 0) is 37.3 Å². The second-order valence-corrected chi connectivity index (χ2v) is 12.1. The molecule has 0 radical (unpaired) electrons. The van der Waals surface area contributed by atoms with E-state index in [2.05, 4.69) is 23.1 Å². The number of anilines is 1. The molecule has 2 aromatic heterocycles. The molecule has 0 spiro atoms. The molecule has 2 aromatic rings. The molecule has 1 aliphatic heterocycles. The summed E-state index contributed by atoms with van der Waals surface area (Å²) in [6, 6.07) is 0. The summed E-state index contributed by atoms with van der Waals surface area (Å²) in [5, 5.41) is 21.2. The van der Waals surface area contributed by atoms with Crippen LogP contribution in [0.1, 0.15) is 23.1 Å². The van der Waals surface area contributed by atoms with Gasteiger partial charge in [0.1, 0.15) is 35.6 Å². The minimum Gasteiger partial charge on any atom is -0.387 e. The lowest BCUT2D eigenvalue weighted by Gasteiger charge is -2.30. The number of nitrogen functional groups attached to an aromatic ring is 1. The number of nitrogens with zero attached hydrogens (tertiary/aromatic N) is 3. The summed E-state index contributed by atoms with van der Waals surface area (Å²) in [4.78, 5) is 56.1. The van der Waals surface area contributed by atoms with E-state index in [4.69, 9.17) is 26.0 Å². The van der Waals surface area contributed by atoms with Crippen molar-refractivity contribution in [2.75, 3.05) is 12.3 Å². The smallest absolute Gasteiger partial charge is 0.387 e. The van der Waals surface area contributed by atoms with Crippen molar-refractivity contribution in [3.8, 4) is 0 Å². The molecule has 10 N–H and O–H groups in total. The van der Waals surface area contributed by atoms with Gasteiger partial charge in [-0.25, -0.2) is 23.7 Å². The Morgan fingerprint density at radius 2 is 1.78 bits per heavy atom. The molecule has 1 fully saturated rings. The second-order valence-electron chi connectivity index (χ2n) is 7.66. The summed E-state index contributed by atoms with van der Waals surface area (Å²) >= 11 is 0. The van der Waals surface area contributed by atoms with Gasteiger partial charge in [-0.3, -0.25) is 9.32 Å². The molecule has 2 unspecified atom stereocenters. The van der Waals surface area contributed by atoms with E-state index in [1.54, 1.807) is 0 Å². The van der Waals surface area contributed by atoms with Crippen LogP contribution >= 0.6 is 23.5 Å². The quantitative estimate of drug-likeness (QED) is 0.158. The molecule has 0 aliphatic carbocycles. The average Bonchev–Trinajstić information content (AvgIpc) is 3.16. The van der Waals surface area contributed by atoms with Gasteiger partial charge in [-0.2, -0.15) is 8.62 Å². The third kappa shape index (κ3) is 5.84. The maximum absolute atomic E-state index is 12.0. The molecule has 0 aromatic carbocycles. The molecule has 22 heteroatoms. The lowest BCUT2D eigenvalue weighted by Crippen LogP contribution is -2.43. The molecule has 36 heavy (non-hydrogen) atoms. The summed E-state index contributed by atoms with van der Waals surface area (Å²) in [7, 11) is -16.9. The zero-order chi connectivity index (χ0) is 27.4. The Hall–Kier alpha value is -1.82. The second kappa shape index (κ2) is 9.49. The minimum atomic E-state index is -5.77. The molecule has 1 amide bonds. The predicted molar refractivity (Wildman–Crippen MR) is 116 cm³/mol. The lowest BCUT2D eigenvalue weighted by atomic mass is 10.0. The molecule has 0 bridgehead atoms. The van der Waals surface area contributed by atoms with Crippen molar-refractivity contribution >= 4 is 46.2 Å². The van der Waals surface area contributed by atoms with Gasteiger partial charge in [0, 0.05) is 6.20 Å². The SMILES string of the molecule is Cc1nc(N)c2c(C(N)=O)cn([C@]3(C)O[C@H](COP(=O)(O)OP(=O)(O)OP(=O)(O)O)[C@@H](O)[C@H]3O)c2n1. The lowest BCUT2D eigenvalue weighted by molar-refractivity contribution is -0.131. The number of rotatable bonds is 9. The normalized spacial score (nSPS) is 28.2. The fourth-order valence-corrected chi connectivity index (χ4v) is 6.59. The van der Waals surface area contributed by atoms with Crippen molar-refractivity contribution in [3.05, 3.63) is 17.6 Å². The predicted octanol–water partition coefficient (Wildman–Crippen LogP) is -1.44. The fraction of sp³-hybridized carbons (Fsp3) is 0.500. The van der Waals surface area contributed by atoms with Crippen molar-refractivity contribution in [1.82, 2.24) is 14.5 Å². The highest BCUT2D eigenvalue weighted by Gasteiger charge is 2.54. The Balaban J connectivity index is 1.88. The summed E-state index contributed by atoms with van der Waals surface area (Å²) in [6.07, 6.45) is -4.03. The third-order valence-corrected chi connectivity index (χ3v) is 8.79. The molecule has 19 nitrogen and oxygen atoms in total. The van der Waals surface area contributed by atoms with E-state index in [9.17, 15) is 38.5 Å². The van der Waals surface area contributed by atoms with Gasteiger partial charge in [0.2, 0.25) is 0 Å². The maximum atomic E-state index is 12.0. The van der Waals surface area contributed by atoms with Crippen molar-refractivity contribution in [3.63, 3.8) is 0 Å². The van der Waals surface area contributed by atoms with E-state index in [0.717, 1.165) is 10.8 Å². The van der Waals surface area contributed by atoms with Crippen molar-refractivity contribution in [2.24, 2.45) is 5.73 Å². The molecule has 0 saturated carbocycles. The number of aliphatic hydroxyl groups excluding tert-OH is 2. The first kappa shape index (κ1) is 28.7. The number of nitrogens with two attached hydrogens (primary N) is 2. The van der Waals surface area contributed by atoms with Crippen molar-refractivity contribution in [2.45, 2.75) is 37.9 Å². The van der Waals surface area contributed by atoms with Crippen LogP contribution in [0.3, 0.4) is 0 Å². The van der Waals surface area contributed by atoms with Crippen LogP contribution in [0.2, 0.25) is 0 Å². The average molecular weight is 577 g/mol. The molecule has 3 heterocycles. The number of ether oxygens (including phenoxy) is 1. The highest BCUT2D eigenvalue weighted by atomic mass is 31.3. The third-order valence-electron chi connectivity index (χ3n) is 4.99. The molecule has 3 rings (SSSR count). The number of aromatic nitrogens is 3. The van der Waals surface area contributed by atoms with Crippen LogP contribution in [0.25, 0.3) is 11.0 Å². The molecule has 202 valence electrons. The number of phosphoric ester groups is 1. The number of carbonyl (C=O) groups is 1. The van der Waals surface area contributed by atoms with Crippen LogP contribution < -0.4 is 11.5 Å². The van der Waals surface area contributed by atoms with Gasteiger partial charge in [-0.15, -0.1) is 0 Å². The van der Waals surface area contributed by atoms with Gasteiger partial charge in [0.25, 0.3) is 5.91 Å². The number of primary amides is 1. The van der Waals surface area contributed by atoms with Gasteiger partial charge in [-0.05, 0) is 13.8 Å². The fourth-order valence-electron chi connectivity index (χ4n) is 3.56. The zero-order valence-electron chi connectivity index (χ0n) is 18.3. The number of hydrogen-bond acceptors (Lipinski definition) is 13. The Kier molecular flexibility index (Phi) is 7.58. The number of phosphoric acid groups is 3. The van der Waals surface area contributed by atoms with Gasteiger partial charge in [0.05, 0.1) is 17.6 Å². The number of carbonyl (C=O) groups excluding carboxylic acids is 1. The first-order valence-electron chi connectivity index (χ1n) is 9.54. The zero-order valence-corrected chi connectivity index (χ0v) is 21.0. The summed E-state index contributed by atoms with van der Waals surface area (Å²) in [5.74, 6) is -0.846. The van der Waals surface area contributed by atoms with E-state index in [0.29, 0.717) is 0 Å². The van der Waals surface area contributed by atoms with Gasteiger partial charge in [0.15, 0.2) is 5.72 Å². The van der Waals surface area contributed by atoms with E-state index in [1.165, 1.54) is 13.8 Å². The summed E-state index contributed by atoms with van der Waals surface area (Å²) < 4.78 is 52.6. The van der Waals surface area contributed by atoms with Crippen molar-refractivity contribution in [1.29, 1.82) is 0 Å². The standard InChI is InChI=1S/C14H22N5O14P3/c1-5-17-11(15)8-6(12(16)22)3-19(13(8)18-5)14(2)10(21)9(20)7(31-14)4-30-35(26,27)33-36(28,29)32-34(23,24)25/h3,7,9-10,20-21H,4H2,1-2H3,(H2,16,22)(H,26,27)(H,28,29)(H2,15,17,18)(H2,23,24,25)/t7-,9-,10-,14-/m1/s1. The van der Waals surface area contributed by atoms with Gasteiger partial charge < -0.3 is 50.6 Å². The summed E-state index contributed by atoms with van der Waals surface area (Å²) in [5.41, 5.74) is 9.27. The Bertz CT molecular complexity index is 1340. The van der Waals surface area contributed by atoms with Crippen LogP contribution in [0, 0.1) is 6.92 Å². The Morgan fingerprint density at radius 1 is 1.17 bits per heavy atom. The highest BCUT2D eigenvalue weighted by molar-refractivity contribution is 7.66. The van der Waals surface area contributed by atoms with Crippen molar-refractivity contribution < 1.29 is 66.2 Å². The number of amides is 1. The van der Waals surface area contributed by atoms with E-state index in [-0.39, 0.29) is 28.2 Å². The summed E-state index contributed by atoms with van der Waals surface area (Å²) in [6.45, 7) is 1.71. The monoisotopic (exact) mass is 577 g/mol. The molecular weight excluding hydrogens is 555 g/mol. The Labute approximate surface area is 201 Å². The number of hydrogen-bond donors (Lipinski definition) is 8. The van der Waals surface area contributed by atoms with Crippen LogP contribution in [0.5, 0.6) is 0 Å². The number of aryl methyl sites for hydroxylation is 1. The largest absolute Gasteiger partial charge is 0.490 e. The minimum absolute atomic E-state index is 0.00362. The highest BCUT2D eigenvalue weighted by Crippen LogP contribution is 2.66. The maximum Gasteiger partial charge on any atom is 0.490 e. The number of aliphatic hydroxyl groups is 2. The van der Waals surface area contributed by atoms with E-state index < -0.39 is 60.0 Å². The molecule has 6 atom stereocenters. The van der Waals surface area contributed by atoms with Crippen LogP contribution in [0.15, 0.2) is 6.20 Å². The number of fused-ring (bicyclic) bond motifs is 1. The topological polar surface area (TPSA) is 309 Å². The molecule has 1 aliphatic rings. The van der Waals surface area contributed by atoms with Crippen LogP contribution in [0.4, 0.5) is 5.82 Å². The first-order valence-corrected chi connectivity index (χ1v) is 14.1. The van der Waals surface area contributed by atoms with Gasteiger partial charge in [-0.1, -0.05) is 0 Å². The van der Waals surface area contributed by atoms with Gasteiger partial charge >= 0.3 is 23.5 Å². The molecular formula is C14H22N5O14P3. The van der Waals surface area contributed by atoms with E-state index >= 15 is 0 Å². The van der Waals surface area contributed by atoms with E-state index in [1.807, 2.05) is 0 Å². The Morgan fingerprint density at radius 3 is 2.33 bits per heavy atom. The first-order chi connectivity index (χ1) is 16.3.